The number of hydrogen-bond acceptors (Lipinski definition) is 1. The molecule has 31 heavy (non-hydrogen) atoms. The smallest absolute Gasteiger partial charge is 0.336 e. The van der Waals surface area contributed by atoms with Crippen molar-refractivity contribution in [1.82, 2.24) is 0 Å². The average molecular weight is 409 g/mol. The predicted octanol–water partition coefficient (Wildman–Crippen LogP) is 8.03. The predicted molar refractivity (Wildman–Crippen MR) is 132 cm³/mol. The van der Waals surface area contributed by atoms with Crippen molar-refractivity contribution in [2.75, 3.05) is 0 Å². The second kappa shape index (κ2) is 6.20. The van der Waals surface area contributed by atoms with Gasteiger partial charge in [-0.2, -0.15) is 0 Å². The molecule has 0 radical (unpaired) electrons. The highest BCUT2D eigenvalue weighted by Crippen LogP contribution is 2.44. The van der Waals surface area contributed by atoms with E-state index in [1.165, 1.54) is 32.7 Å². The first kappa shape index (κ1) is 19.8. The molecular formula is C29H28O2. The molecule has 0 aliphatic rings. The molecule has 0 spiro atoms. The number of rotatable bonds is 1. The Bertz CT molecular complexity index is 1440. The summed E-state index contributed by atoms with van der Waals surface area (Å²) < 4.78 is 0. The molecule has 1 N–H and O–H groups in total. The second-order valence-electron chi connectivity index (χ2n) is 10.8. The fraction of sp³-hybridized carbons (Fsp3) is 0.276. The Hall–Kier alpha value is -3.13. The molecule has 5 aromatic carbocycles. The largest absolute Gasteiger partial charge is 0.478 e. The van der Waals surface area contributed by atoms with Gasteiger partial charge in [0.05, 0.1) is 5.56 Å². The summed E-state index contributed by atoms with van der Waals surface area (Å²) in [6.45, 7) is 13.5. The lowest BCUT2D eigenvalue weighted by Crippen LogP contribution is -2.13. The van der Waals surface area contributed by atoms with E-state index in [-0.39, 0.29) is 10.8 Å². The van der Waals surface area contributed by atoms with Crippen LogP contribution in [0.5, 0.6) is 0 Å². The summed E-state index contributed by atoms with van der Waals surface area (Å²) in [6, 6.07) is 19.1. The summed E-state index contributed by atoms with van der Waals surface area (Å²) in [5.74, 6) is -0.883. The Kier molecular flexibility index (Phi) is 3.96. The highest BCUT2D eigenvalue weighted by atomic mass is 16.4. The van der Waals surface area contributed by atoms with Crippen LogP contribution in [0.3, 0.4) is 0 Å². The van der Waals surface area contributed by atoms with Gasteiger partial charge in [0.1, 0.15) is 0 Å². The van der Waals surface area contributed by atoms with E-state index in [0.29, 0.717) is 5.56 Å². The number of carbonyl (C=O) groups is 1. The average Bonchev–Trinajstić information content (AvgIpc) is 2.69. The normalized spacial score (nSPS) is 13.1. The summed E-state index contributed by atoms with van der Waals surface area (Å²) in [7, 11) is 0. The van der Waals surface area contributed by atoms with Gasteiger partial charge in [-0.25, -0.2) is 4.79 Å². The van der Waals surface area contributed by atoms with Crippen LogP contribution in [0.15, 0.2) is 54.6 Å². The minimum Gasteiger partial charge on any atom is -0.478 e. The van der Waals surface area contributed by atoms with Crippen LogP contribution in [0.2, 0.25) is 0 Å². The lowest BCUT2D eigenvalue weighted by molar-refractivity contribution is 0.0699. The Morgan fingerprint density at radius 2 is 1.16 bits per heavy atom. The quantitative estimate of drug-likeness (QED) is 0.225. The fourth-order valence-electron chi connectivity index (χ4n) is 4.85. The molecule has 0 bridgehead atoms. The number of aromatic carboxylic acids is 1. The van der Waals surface area contributed by atoms with Gasteiger partial charge < -0.3 is 5.11 Å². The third-order valence-corrected chi connectivity index (χ3v) is 6.63. The van der Waals surface area contributed by atoms with Gasteiger partial charge in [0, 0.05) is 0 Å². The molecule has 0 heterocycles. The zero-order valence-electron chi connectivity index (χ0n) is 19.1. The highest BCUT2D eigenvalue weighted by molar-refractivity contribution is 6.34. The van der Waals surface area contributed by atoms with E-state index < -0.39 is 5.97 Å². The van der Waals surface area contributed by atoms with E-state index in [2.05, 4.69) is 71.9 Å². The number of benzene rings is 5. The number of carboxylic acids is 1. The van der Waals surface area contributed by atoms with Gasteiger partial charge in [-0.3, -0.25) is 0 Å². The SMILES string of the molecule is CC(C)(C)c1cc2cc(C(C)(C)C)cc3c4ccc(C(=O)O)c5cccc(c(c1)c23)c54. The van der Waals surface area contributed by atoms with Crippen LogP contribution in [-0.4, -0.2) is 11.1 Å². The van der Waals surface area contributed by atoms with Crippen molar-refractivity contribution in [3.8, 4) is 0 Å². The van der Waals surface area contributed by atoms with Crippen LogP contribution in [0.25, 0.3) is 43.1 Å². The van der Waals surface area contributed by atoms with Crippen LogP contribution < -0.4 is 0 Å². The third-order valence-electron chi connectivity index (χ3n) is 6.63. The molecule has 156 valence electrons. The van der Waals surface area contributed by atoms with Crippen LogP contribution in [-0.2, 0) is 10.8 Å². The first-order valence-electron chi connectivity index (χ1n) is 10.9. The van der Waals surface area contributed by atoms with Gasteiger partial charge in [0.2, 0.25) is 0 Å². The first-order valence-corrected chi connectivity index (χ1v) is 10.9. The van der Waals surface area contributed by atoms with Gasteiger partial charge >= 0.3 is 5.97 Å². The van der Waals surface area contributed by atoms with E-state index in [4.69, 9.17) is 0 Å². The fourth-order valence-corrected chi connectivity index (χ4v) is 4.85. The molecular weight excluding hydrogens is 380 g/mol. The standard InChI is InChI=1S/C29H28O2/c1-28(2,3)17-12-16-13-18(29(4,5)6)15-24-21-10-11-22(27(30)31)19-8-7-9-20(26(19)21)23(14-17)25(16)24/h7-15H,1-6H3,(H,30,31). The summed E-state index contributed by atoms with van der Waals surface area (Å²) in [5, 5.41) is 18.9. The molecule has 0 atom stereocenters. The van der Waals surface area contributed by atoms with Crippen LogP contribution in [0.4, 0.5) is 0 Å². The monoisotopic (exact) mass is 408 g/mol. The maximum absolute atomic E-state index is 12.0. The number of hydrogen-bond donors (Lipinski definition) is 1. The van der Waals surface area contributed by atoms with Crippen molar-refractivity contribution in [2.24, 2.45) is 0 Å². The molecule has 0 unspecified atom stereocenters. The Labute approximate surface area is 182 Å². The topological polar surface area (TPSA) is 37.3 Å². The van der Waals surface area contributed by atoms with Gasteiger partial charge in [-0.05, 0) is 83.2 Å². The summed E-state index contributed by atoms with van der Waals surface area (Å²) in [5.41, 5.74) is 2.97. The Balaban J connectivity index is 2.12. The number of fused-ring (bicyclic) bond motifs is 2. The Morgan fingerprint density at radius 1 is 0.645 bits per heavy atom. The number of carboxylic acid groups (broad SMARTS) is 1. The Morgan fingerprint density at radius 3 is 1.68 bits per heavy atom. The van der Waals surface area contributed by atoms with Crippen molar-refractivity contribution >= 4 is 49.1 Å². The van der Waals surface area contributed by atoms with Crippen LogP contribution in [0.1, 0.15) is 63.0 Å². The molecule has 0 fully saturated rings. The summed E-state index contributed by atoms with van der Waals surface area (Å²) in [6.07, 6.45) is 0. The van der Waals surface area contributed by atoms with Crippen molar-refractivity contribution in [2.45, 2.75) is 52.4 Å². The molecule has 5 rings (SSSR count). The second-order valence-corrected chi connectivity index (χ2v) is 10.8. The molecule has 2 nitrogen and oxygen atoms in total. The van der Waals surface area contributed by atoms with E-state index >= 15 is 0 Å². The molecule has 0 saturated heterocycles. The summed E-state index contributed by atoms with van der Waals surface area (Å²) >= 11 is 0. The van der Waals surface area contributed by atoms with Gasteiger partial charge in [-0.15, -0.1) is 0 Å². The zero-order chi connectivity index (χ0) is 22.3. The molecule has 0 amide bonds. The maximum atomic E-state index is 12.0. The lowest BCUT2D eigenvalue weighted by Gasteiger charge is -2.25. The van der Waals surface area contributed by atoms with Gasteiger partial charge in [-0.1, -0.05) is 77.9 Å². The molecule has 5 aromatic rings. The van der Waals surface area contributed by atoms with E-state index in [0.717, 1.165) is 21.5 Å². The van der Waals surface area contributed by atoms with Crippen LogP contribution in [0, 0.1) is 0 Å². The van der Waals surface area contributed by atoms with Crippen molar-refractivity contribution in [3.63, 3.8) is 0 Å². The molecule has 0 saturated carbocycles. The molecule has 0 aliphatic carbocycles. The van der Waals surface area contributed by atoms with Crippen molar-refractivity contribution < 1.29 is 9.90 Å². The van der Waals surface area contributed by atoms with Gasteiger partial charge in [0.25, 0.3) is 0 Å². The van der Waals surface area contributed by atoms with E-state index in [9.17, 15) is 9.90 Å². The molecule has 0 aromatic heterocycles. The zero-order valence-corrected chi connectivity index (χ0v) is 19.1. The van der Waals surface area contributed by atoms with E-state index in [1.807, 2.05) is 18.2 Å². The van der Waals surface area contributed by atoms with Gasteiger partial charge in [0.15, 0.2) is 0 Å². The van der Waals surface area contributed by atoms with Crippen molar-refractivity contribution in [3.05, 3.63) is 71.3 Å². The van der Waals surface area contributed by atoms with Crippen molar-refractivity contribution in [1.29, 1.82) is 0 Å². The lowest BCUT2D eigenvalue weighted by atomic mass is 9.79. The summed E-state index contributed by atoms with van der Waals surface area (Å²) in [4.78, 5) is 12.0. The van der Waals surface area contributed by atoms with E-state index in [1.54, 1.807) is 6.07 Å². The molecule has 0 aliphatic heterocycles. The molecule has 2 heteroatoms. The minimum atomic E-state index is -0.883. The first-order chi connectivity index (χ1) is 14.5. The minimum absolute atomic E-state index is 0.0136. The van der Waals surface area contributed by atoms with Crippen LogP contribution >= 0.6 is 0 Å². The highest BCUT2D eigenvalue weighted by Gasteiger charge is 2.23. The maximum Gasteiger partial charge on any atom is 0.336 e. The third kappa shape index (κ3) is 2.89.